The lowest BCUT2D eigenvalue weighted by Crippen LogP contribution is -2.12. The SMILES string of the molecule is ClC1=C(Cl)C(Cl)C(Cl)=C(Cl)C1=C(c1c(Cl)c(Cl)c(Cl)c(Cl)c1Cl)c1c(Cl)c(Cl)c(/C=C/C2=CSC(=C3SC=CS3)S2)c(Cl)c1Cl. The largest absolute Gasteiger partial charge is 0.111 e. The number of benzene rings is 2. The molecule has 5 rings (SSSR count). The third-order valence-corrected chi connectivity index (χ3v) is 17.5. The summed E-state index contributed by atoms with van der Waals surface area (Å²) >= 11 is 99.9. The Balaban J connectivity index is 1.77. The lowest BCUT2D eigenvalue weighted by molar-refractivity contribution is 1.24. The molecule has 0 unspecified atom stereocenters. The first-order valence-electron chi connectivity index (χ1n) is 11.5. The van der Waals surface area contributed by atoms with Crippen LogP contribution in [-0.4, -0.2) is 5.38 Å². The van der Waals surface area contributed by atoms with Gasteiger partial charge in [0.05, 0.1) is 73.8 Å². The van der Waals surface area contributed by atoms with Gasteiger partial charge in [-0.2, -0.15) is 0 Å². The maximum Gasteiger partial charge on any atom is 0.108 e. The van der Waals surface area contributed by atoms with Gasteiger partial charge in [0.25, 0.3) is 0 Å². The van der Waals surface area contributed by atoms with Crippen LogP contribution in [0, 0.1) is 0 Å². The van der Waals surface area contributed by atoms with E-state index in [1.807, 2.05) is 22.3 Å². The summed E-state index contributed by atoms with van der Waals surface area (Å²) < 4.78 is 2.38. The van der Waals surface area contributed by atoms with Gasteiger partial charge in [-0.05, 0) is 22.3 Å². The Bertz CT molecular complexity index is 1800. The monoisotopic (exact) mass is 947 g/mol. The summed E-state index contributed by atoms with van der Waals surface area (Å²) in [6.07, 6.45) is 3.57. The summed E-state index contributed by atoms with van der Waals surface area (Å²) in [4.78, 5) is 0.960. The van der Waals surface area contributed by atoms with Gasteiger partial charge in [-0.15, -0.1) is 11.6 Å². The molecule has 1 aliphatic carbocycles. The number of hydrogen-bond acceptors (Lipinski definition) is 4. The van der Waals surface area contributed by atoms with Crippen molar-refractivity contribution in [1.82, 2.24) is 0 Å². The molecular formula is C27H6Cl14S4. The van der Waals surface area contributed by atoms with Crippen molar-refractivity contribution in [2.75, 3.05) is 0 Å². The Morgan fingerprint density at radius 3 is 1.47 bits per heavy atom. The Labute approximate surface area is 345 Å². The van der Waals surface area contributed by atoms with Crippen LogP contribution in [0.1, 0.15) is 16.7 Å². The lowest BCUT2D eigenvalue weighted by atomic mass is 9.89. The number of thioether (sulfide) groups is 4. The van der Waals surface area contributed by atoms with Crippen LogP contribution in [0.5, 0.6) is 0 Å². The normalized spacial score (nSPS) is 18.8. The molecule has 2 aliphatic heterocycles. The molecule has 0 spiro atoms. The predicted molar refractivity (Wildman–Crippen MR) is 215 cm³/mol. The minimum Gasteiger partial charge on any atom is -0.111 e. The Kier molecular flexibility index (Phi) is 13.4. The fourth-order valence-corrected chi connectivity index (χ4v) is 12.3. The van der Waals surface area contributed by atoms with Crippen LogP contribution in [0.4, 0.5) is 0 Å². The maximum absolute atomic E-state index is 6.98. The van der Waals surface area contributed by atoms with E-state index in [0.717, 1.165) is 4.91 Å². The summed E-state index contributed by atoms with van der Waals surface area (Å²) in [6.45, 7) is 0. The number of rotatable bonds is 4. The van der Waals surface area contributed by atoms with Crippen LogP contribution in [0.25, 0.3) is 11.6 Å². The number of alkyl halides is 1. The quantitative estimate of drug-likeness (QED) is 0.170. The molecule has 2 heterocycles. The van der Waals surface area contributed by atoms with Crippen molar-refractivity contribution in [3.63, 3.8) is 0 Å². The van der Waals surface area contributed by atoms with Crippen molar-refractivity contribution >= 4 is 221 Å². The average molecular weight is 955 g/mol. The predicted octanol–water partition coefficient (Wildman–Crippen LogP) is 17.8. The van der Waals surface area contributed by atoms with E-state index in [2.05, 4.69) is 0 Å². The summed E-state index contributed by atoms with van der Waals surface area (Å²) in [5.41, 5.74) is 0.374. The standard InChI is InChI=1S/C27H6Cl14S4/c28-12-7(2-1-6-5-44-27(45-6)26-42-3-4-43-26)13(29)15(31)9(14(12)30)8(10-16(32)20(36)24(40)21(37)17(10)33)11-18(34)22(38)25(41)23(39)19(11)35/h1-5,24H/b2-1+,10-8?. The topological polar surface area (TPSA) is 0 Å². The summed E-state index contributed by atoms with van der Waals surface area (Å²) in [7, 11) is 0. The van der Waals surface area contributed by atoms with Gasteiger partial charge in [0.2, 0.25) is 0 Å². The first-order valence-corrected chi connectivity index (χ1v) is 20.3. The summed E-state index contributed by atoms with van der Waals surface area (Å²) in [6, 6.07) is 0. The van der Waals surface area contributed by atoms with Crippen molar-refractivity contribution in [3.8, 4) is 0 Å². The molecule has 0 N–H and O–H groups in total. The van der Waals surface area contributed by atoms with Crippen LogP contribution in [-0.2, 0) is 0 Å². The van der Waals surface area contributed by atoms with E-state index in [0.29, 0.717) is 5.56 Å². The van der Waals surface area contributed by atoms with Crippen LogP contribution in [0.2, 0.25) is 45.2 Å². The van der Waals surface area contributed by atoms with Crippen LogP contribution in [0.3, 0.4) is 0 Å². The molecular weight excluding hydrogens is 949 g/mol. The van der Waals surface area contributed by atoms with E-state index in [4.69, 9.17) is 162 Å². The molecule has 0 aromatic heterocycles. The highest BCUT2D eigenvalue weighted by atomic mass is 35.5. The van der Waals surface area contributed by atoms with E-state index in [1.54, 1.807) is 53.1 Å². The van der Waals surface area contributed by atoms with Gasteiger partial charge in [0.1, 0.15) is 5.38 Å². The van der Waals surface area contributed by atoms with Crippen molar-refractivity contribution < 1.29 is 0 Å². The van der Waals surface area contributed by atoms with E-state index in [9.17, 15) is 0 Å². The smallest absolute Gasteiger partial charge is 0.108 e. The lowest BCUT2D eigenvalue weighted by Gasteiger charge is -2.27. The van der Waals surface area contributed by atoms with E-state index in [-0.39, 0.29) is 87.6 Å². The Morgan fingerprint density at radius 2 is 0.978 bits per heavy atom. The third-order valence-electron chi connectivity index (χ3n) is 6.04. The molecule has 0 radical (unpaired) electrons. The zero-order valence-corrected chi connectivity index (χ0v) is 34.7. The molecule has 18 heteroatoms. The number of halogens is 14. The molecule has 0 amide bonds. The van der Waals surface area contributed by atoms with Gasteiger partial charge in [-0.25, -0.2) is 0 Å². The van der Waals surface area contributed by atoms with Crippen molar-refractivity contribution in [2.24, 2.45) is 0 Å². The third kappa shape index (κ3) is 7.26. The first kappa shape index (κ1) is 38.3. The van der Waals surface area contributed by atoms with Crippen molar-refractivity contribution in [1.29, 1.82) is 0 Å². The highest BCUT2D eigenvalue weighted by Gasteiger charge is 2.36. The number of allylic oxidation sites excluding steroid dienone is 6. The van der Waals surface area contributed by atoms with Gasteiger partial charge in [-0.3, -0.25) is 0 Å². The zero-order valence-electron chi connectivity index (χ0n) is 20.9. The van der Waals surface area contributed by atoms with E-state index < -0.39 is 5.38 Å². The van der Waals surface area contributed by atoms with Crippen LogP contribution < -0.4 is 0 Å². The highest BCUT2D eigenvalue weighted by Crippen LogP contribution is 2.57. The molecule has 45 heavy (non-hydrogen) atoms. The fourth-order valence-electron chi connectivity index (χ4n) is 4.00. The summed E-state index contributed by atoms with van der Waals surface area (Å²) in [5, 5.41) is 4.03. The average Bonchev–Trinajstić information content (AvgIpc) is 3.73. The van der Waals surface area contributed by atoms with Gasteiger partial charge < -0.3 is 0 Å². The molecule has 0 saturated carbocycles. The second-order valence-corrected chi connectivity index (χ2v) is 18.3. The zero-order chi connectivity index (χ0) is 33.1. The van der Waals surface area contributed by atoms with E-state index in [1.165, 1.54) is 8.47 Å². The molecule has 0 nitrogen and oxygen atoms in total. The fraction of sp³-hybridized carbons (Fsp3) is 0.0370. The molecule has 2 aromatic rings. The molecule has 2 aromatic carbocycles. The summed E-state index contributed by atoms with van der Waals surface area (Å²) in [5.74, 6) is 0. The number of hydrogen-bond donors (Lipinski definition) is 0. The highest BCUT2D eigenvalue weighted by molar-refractivity contribution is 8.33. The molecule has 0 bridgehead atoms. The molecule has 236 valence electrons. The maximum atomic E-state index is 6.98. The molecule has 0 fully saturated rings. The minimum atomic E-state index is -1.05. The van der Waals surface area contributed by atoms with Gasteiger partial charge in [0, 0.05) is 32.7 Å². The Morgan fingerprint density at radius 1 is 0.533 bits per heavy atom. The van der Waals surface area contributed by atoms with Gasteiger partial charge >= 0.3 is 0 Å². The first-order chi connectivity index (χ1) is 21.2. The van der Waals surface area contributed by atoms with Gasteiger partial charge in [0.15, 0.2) is 0 Å². The van der Waals surface area contributed by atoms with Crippen LogP contribution >= 0.6 is 209 Å². The second kappa shape index (κ2) is 15.8. The molecule has 0 atom stereocenters. The van der Waals surface area contributed by atoms with E-state index >= 15 is 0 Å². The molecule has 3 aliphatic rings. The molecule has 0 saturated heterocycles. The van der Waals surface area contributed by atoms with Crippen LogP contribution in [0.15, 0.2) is 61.4 Å². The Hall–Kier alpha value is 2.08. The second-order valence-electron chi connectivity index (χ2n) is 8.58. The minimum absolute atomic E-state index is 0.00459. The van der Waals surface area contributed by atoms with Gasteiger partial charge in [-0.1, -0.05) is 204 Å². The van der Waals surface area contributed by atoms with Crippen molar-refractivity contribution in [3.05, 3.63) is 123 Å². The van der Waals surface area contributed by atoms with Crippen molar-refractivity contribution in [2.45, 2.75) is 5.38 Å².